The van der Waals surface area contributed by atoms with Gasteiger partial charge in [-0.25, -0.2) is 4.79 Å². The number of primary amides is 1. The van der Waals surface area contributed by atoms with Crippen LogP contribution >= 0.6 is 0 Å². The predicted molar refractivity (Wildman–Crippen MR) is 127 cm³/mol. The van der Waals surface area contributed by atoms with Gasteiger partial charge in [0.05, 0.1) is 17.7 Å². The molecule has 0 fully saturated rings. The zero-order valence-corrected chi connectivity index (χ0v) is 19.0. The molecular weight excluding hydrogens is 434 g/mol. The van der Waals surface area contributed by atoms with Gasteiger partial charge in [-0.2, -0.15) is 0 Å². The van der Waals surface area contributed by atoms with Gasteiger partial charge < -0.3 is 20.3 Å². The van der Waals surface area contributed by atoms with Gasteiger partial charge in [0.1, 0.15) is 18.1 Å². The standard InChI is InChI=1S/C27H25NO6/c1-15(2)23-24(34-14-16-6-8-17(9-7-16)27(31)32)20(13-21-22(29)10-11-33-25(21)23)18-4-3-5-19(12-18)26(28)30/h3-9,12-13,15H,10-11,14H2,1-2H3,(H2,28,30)(H,31,32). The molecule has 0 atom stereocenters. The number of Topliss-reactive ketones (excluding diaryl/α,β-unsaturated/α-hetero) is 1. The lowest BCUT2D eigenvalue weighted by atomic mass is 9.88. The highest BCUT2D eigenvalue weighted by Crippen LogP contribution is 2.46. The van der Waals surface area contributed by atoms with Crippen LogP contribution in [0.2, 0.25) is 0 Å². The first-order chi connectivity index (χ1) is 16.3. The normalized spacial score (nSPS) is 12.7. The van der Waals surface area contributed by atoms with Gasteiger partial charge in [0.15, 0.2) is 5.78 Å². The molecule has 0 aromatic heterocycles. The fourth-order valence-corrected chi connectivity index (χ4v) is 4.05. The second-order valence-corrected chi connectivity index (χ2v) is 8.46. The van der Waals surface area contributed by atoms with Gasteiger partial charge in [-0.05, 0) is 47.4 Å². The molecule has 1 heterocycles. The molecular formula is C27H25NO6. The minimum atomic E-state index is -0.998. The van der Waals surface area contributed by atoms with Crippen molar-refractivity contribution in [2.75, 3.05) is 6.61 Å². The van der Waals surface area contributed by atoms with Crippen LogP contribution < -0.4 is 15.2 Å². The van der Waals surface area contributed by atoms with E-state index >= 15 is 0 Å². The zero-order chi connectivity index (χ0) is 24.4. The largest absolute Gasteiger partial charge is 0.492 e. The number of carboxylic acid groups (broad SMARTS) is 1. The maximum Gasteiger partial charge on any atom is 0.335 e. The van der Waals surface area contributed by atoms with E-state index in [2.05, 4.69) is 0 Å². The Morgan fingerprint density at radius 1 is 1.06 bits per heavy atom. The van der Waals surface area contributed by atoms with Gasteiger partial charge in [0, 0.05) is 23.1 Å². The molecule has 3 aromatic carbocycles. The van der Waals surface area contributed by atoms with Crippen LogP contribution in [-0.2, 0) is 6.61 Å². The van der Waals surface area contributed by atoms with E-state index in [1.165, 1.54) is 12.1 Å². The smallest absolute Gasteiger partial charge is 0.335 e. The number of ketones is 1. The molecule has 0 radical (unpaired) electrons. The van der Waals surface area contributed by atoms with Crippen molar-refractivity contribution < 1.29 is 29.0 Å². The van der Waals surface area contributed by atoms with Gasteiger partial charge in [0.25, 0.3) is 0 Å². The maximum absolute atomic E-state index is 12.8. The van der Waals surface area contributed by atoms with E-state index in [0.717, 1.165) is 11.1 Å². The van der Waals surface area contributed by atoms with Crippen molar-refractivity contribution in [1.29, 1.82) is 0 Å². The molecule has 0 aliphatic carbocycles. The molecule has 0 saturated carbocycles. The highest BCUT2D eigenvalue weighted by Gasteiger charge is 2.29. The summed E-state index contributed by atoms with van der Waals surface area (Å²) in [7, 11) is 0. The fourth-order valence-electron chi connectivity index (χ4n) is 4.05. The van der Waals surface area contributed by atoms with Crippen LogP contribution in [0, 0.1) is 0 Å². The number of fused-ring (bicyclic) bond motifs is 1. The summed E-state index contributed by atoms with van der Waals surface area (Å²) in [5, 5.41) is 9.13. The third-order valence-corrected chi connectivity index (χ3v) is 5.76. The van der Waals surface area contributed by atoms with Crippen molar-refractivity contribution in [2.24, 2.45) is 5.73 Å². The number of ether oxygens (including phenoxy) is 2. The first-order valence-electron chi connectivity index (χ1n) is 11.0. The number of hydrogen-bond acceptors (Lipinski definition) is 5. The Labute approximate surface area is 197 Å². The number of nitrogens with two attached hydrogens (primary N) is 1. The summed E-state index contributed by atoms with van der Waals surface area (Å²) in [5.74, 6) is -0.508. The van der Waals surface area contributed by atoms with Gasteiger partial charge in [-0.1, -0.05) is 38.1 Å². The average Bonchev–Trinajstić information content (AvgIpc) is 2.82. The number of aromatic carboxylic acids is 1. The van der Waals surface area contributed by atoms with Gasteiger partial charge in [-0.15, -0.1) is 0 Å². The van der Waals surface area contributed by atoms with E-state index in [0.29, 0.717) is 46.8 Å². The summed E-state index contributed by atoms with van der Waals surface area (Å²) in [6.07, 6.45) is 0.293. The second kappa shape index (κ2) is 9.39. The van der Waals surface area contributed by atoms with Crippen molar-refractivity contribution in [2.45, 2.75) is 32.8 Å². The lowest BCUT2D eigenvalue weighted by Gasteiger charge is -2.26. The summed E-state index contributed by atoms with van der Waals surface area (Å²) >= 11 is 0. The number of carboxylic acids is 1. The monoisotopic (exact) mass is 459 g/mol. The Balaban J connectivity index is 1.85. The Bertz CT molecular complexity index is 1280. The summed E-state index contributed by atoms with van der Waals surface area (Å²) in [5.41, 5.74) is 9.43. The molecule has 0 bridgehead atoms. The van der Waals surface area contributed by atoms with E-state index in [4.69, 9.17) is 20.3 Å². The molecule has 7 heteroatoms. The summed E-state index contributed by atoms with van der Waals surface area (Å²) < 4.78 is 12.3. The van der Waals surface area contributed by atoms with Crippen LogP contribution in [0.25, 0.3) is 11.1 Å². The summed E-state index contributed by atoms with van der Waals surface area (Å²) in [6.45, 7) is 4.47. The van der Waals surface area contributed by atoms with Crippen LogP contribution in [0.3, 0.4) is 0 Å². The maximum atomic E-state index is 12.8. The Kier molecular flexibility index (Phi) is 6.36. The van der Waals surface area contributed by atoms with E-state index in [9.17, 15) is 14.4 Å². The SMILES string of the molecule is CC(C)c1c2c(cc(-c3cccc(C(N)=O)c3)c1OCc1ccc(C(=O)O)cc1)C(=O)CCO2. The van der Waals surface area contributed by atoms with Gasteiger partial charge in [-0.3, -0.25) is 9.59 Å². The van der Waals surface area contributed by atoms with Crippen LogP contribution in [0.15, 0.2) is 54.6 Å². The van der Waals surface area contributed by atoms with Gasteiger partial charge in [0.2, 0.25) is 5.91 Å². The number of rotatable bonds is 7. The fraction of sp³-hybridized carbons (Fsp3) is 0.222. The molecule has 174 valence electrons. The van der Waals surface area contributed by atoms with E-state index in [1.54, 1.807) is 36.4 Å². The molecule has 1 aliphatic rings. The molecule has 0 spiro atoms. The van der Waals surface area contributed by atoms with Crippen LogP contribution in [0.5, 0.6) is 11.5 Å². The molecule has 0 unspecified atom stereocenters. The van der Waals surface area contributed by atoms with Crippen molar-refractivity contribution in [3.63, 3.8) is 0 Å². The van der Waals surface area contributed by atoms with E-state index in [-0.39, 0.29) is 23.9 Å². The molecule has 3 aromatic rings. The average molecular weight is 459 g/mol. The quantitative estimate of drug-likeness (QED) is 0.523. The van der Waals surface area contributed by atoms with Crippen LogP contribution in [0.4, 0.5) is 0 Å². The Morgan fingerprint density at radius 3 is 2.44 bits per heavy atom. The lowest BCUT2D eigenvalue weighted by molar-refractivity contribution is 0.0696. The van der Waals surface area contributed by atoms with E-state index in [1.807, 2.05) is 19.9 Å². The minimum Gasteiger partial charge on any atom is -0.492 e. The Hall–Kier alpha value is -4.13. The molecule has 0 saturated heterocycles. The van der Waals surface area contributed by atoms with Crippen LogP contribution in [-0.4, -0.2) is 29.4 Å². The molecule has 3 N–H and O–H groups in total. The number of carbonyl (C=O) groups excluding carboxylic acids is 2. The van der Waals surface area contributed by atoms with Crippen molar-refractivity contribution in [3.05, 3.63) is 82.4 Å². The first-order valence-corrected chi connectivity index (χ1v) is 11.0. The topological polar surface area (TPSA) is 116 Å². The molecule has 7 nitrogen and oxygen atoms in total. The minimum absolute atomic E-state index is 0.00809. The summed E-state index contributed by atoms with van der Waals surface area (Å²) in [6, 6.07) is 15.1. The predicted octanol–water partition coefficient (Wildman–Crippen LogP) is 4.82. The number of carbonyl (C=O) groups is 3. The number of benzene rings is 3. The molecule has 34 heavy (non-hydrogen) atoms. The third kappa shape index (κ3) is 4.50. The number of hydrogen-bond donors (Lipinski definition) is 2. The molecule has 1 amide bonds. The van der Waals surface area contributed by atoms with Crippen molar-refractivity contribution >= 4 is 17.7 Å². The third-order valence-electron chi connectivity index (χ3n) is 5.76. The van der Waals surface area contributed by atoms with E-state index < -0.39 is 11.9 Å². The van der Waals surface area contributed by atoms with Crippen molar-refractivity contribution in [1.82, 2.24) is 0 Å². The van der Waals surface area contributed by atoms with Gasteiger partial charge >= 0.3 is 5.97 Å². The zero-order valence-electron chi connectivity index (χ0n) is 19.0. The molecule has 1 aliphatic heterocycles. The highest BCUT2D eigenvalue weighted by atomic mass is 16.5. The highest BCUT2D eigenvalue weighted by molar-refractivity contribution is 6.02. The Morgan fingerprint density at radius 2 is 1.79 bits per heavy atom. The van der Waals surface area contributed by atoms with Crippen LogP contribution in [0.1, 0.15) is 68.4 Å². The lowest BCUT2D eigenvalue weighted by Crippen LogP contribution is -2.18. The first kappa shape index (κ1) is 23.0. The second-order valence-electron chi connectivity index (χ2n) is 8.46. The molecule has 4 rings (SSSR count). The number of amides is 1. The van der Waals surface area contributed by atoms with Crippen molar-refractivity contribution in [3.8, 4) is 22.6 Å². The summed E-state index contributed by atoms with van der Waals surface area (Å²) in [4.78, 5) is 35.7.